The quantitative estimate of drug-likeness (QED) is 0.567. The molecule has 3 heterocycles. The smallest absolute Gasteiger partial charge is 0.248 e. The molecule has 1 N–H and O–H groups in total. The highest BCUT2D eigenvalue weighted by Crippen LogP contribution is 2.22. The first-order chi connectivity index (χ1) is 13.1. The molecule has 27 heavy (non-hydrogen) atoms. The van der Waals surface area contributed by atoms with Crippen molar-refractivity contribution in [2.24, 2.45) is 7.05 Å². The molecule has 3 aromatic heterocycles. The van der Waals surface area contributed by atoms with Crippen LogP contribution in [0.25, 0.3) is 23.0 Å². The second-order valence-electron chi connectivity index (χ2n) is 6.40. The molecule has 4 rings (SSSR count). The molecule has 0 fully saturated rings. The van der Waals surface area contributed by atoms with Gasteiger partial charge >= 0.3 is 0 Å². The highest BCUT2D eigenvalue weighted by atomic mass is 16.1. The lowest BCUT2D eigenvalue weighted by Crippen LogP contribution is -2.07. The Balaban J connectivity index is 1.47. The zero-order valence-electron chi connectivity index (χ0n) is 15.1. The number of nitrogens with one attached hydrogen (secondary N) is 1. The lowest BCUT2D eigenvalue weighted by molar-refractivity contribution is -0.111. The molecule has 6 nitrogen and oxygen atoms in total. The van der Waals surface area contributed by atoms with E-state index < -0.39 is 0 Å². The van der Waals surface area contributed by atoms with Gasteiger partial charge in [-0.15, -0.1) is 0 Å². The fourth-order valence-electron chi connectivity index (χ4n) is 2.90. The van der Waals surface area contributed by atoms with Crippen molar-refractivity contribution in [3.63, 3.8) is 0 Å². The SMILES string of the molecule is Cc1cccn2cc(-c3ccc(NC(=O)/C=C\c4cnn(C)c4)cc3)nc12. The van der Waals surface area contributed by atoms with E-state index >= 15 is 0 Å². The largest absolute Gasteiger partial charge is 0.323 e. The van der Waals surface area contributed by atoms with Gasteiger partial charge < -0.3 is 9.72 Å². The molecular weight excluding hydrogens is 338 g/mol. The summed E-state index contributed by atoms with van der Waals surface area (Å²) in [4.78, 5) is 16.8. The summed E-state index contributed by atoms with van der Waals surface area (Å²) in [6, 6.07) is 11.7. The molecule has 0 atom stereocenters. The number of carbonyl (C=O) groups is 1. The number of amides is 1. The van der Waals surface area contributed by atoms with Crippen molar-refractivity contribution in [1.29, 1.82) is 0 Å². The molecule has 0 spiro atoms. The maximum absolute atomic E-state index is 12.1. The molecule has 4 aromatic rings. The number of nitrogens with zero attached hydrogens (tertiary/aromatic N) is 4. The number of anilines is 1. The van der Waals surface area contributed by atoms with Crippen LogP contribution in [0.15, 0.2) is 67.3 Å². The van der Waals surface area contributed by atoms with Gasteiger partial charge in [-0.2, -0.15) is 5.10 Å². The monoisotopic (exact) mass is 357 g/mol. The maximum atomic E-state index is 12.1. The minimum atomic E-state index is -0.185. The van der Waals surface area contributed by atoms with Crippen LogP contribution >= 0.6 is 0 Å². The molecule has 0 aliphatic carbocycles. The predicted octanol–water partition coefficient (Wildman–Crippen LogP) is 3.70. The van der Waals surface area contributed by atoms with Crippen molar-refractivity contribution < 1.29 is 4.79 Å². The number of hydrogen-bond donors (Lipinski definition) is 1. The van der Waals surface area contributed by atoms with Crippen LogP contribution in [-0.4, -0.2) is 25.1 Å². The first-order valence-corrected chi connectivity index (χ1v) is 8.61. The van der Waals surface area contributed by atoms with Crippen LogP contribution < -0.4 is 5.32 Å². The summed E-state index contributed by atoms with van der Waals surface area (Å²) in [6.07, 6.45) is 10.8. The van der Waals surface area contributed by atoms with E-state index in [1.54, 1.807) is 17.0 Å². The van der Waals surface area contributed by atoms with E-state index in [0.29, 0.717) is 0 Å². The minimum absolute atomic E-state index is 0.185. The molecule has 0 aliphatic heterocycles. The lowest BCUT2D eigenvalue weighted by Gasteiger charge is -2.03. The van der Waals surface area contributed by atoms with E-state index in [-0.39, 0.29) is 5.91 Å². The topological polar surface area (TPSA) is 64.2 Å². The number of aryl methyl sites for hydroxylation is 2. The van der Waals surface area contributed by atoms with Gasteiger partial charge in [0.15, 0.2) is 0 Å². The van der Waals surface area contributed by atoms with E-state index in [0.717, 1.165) is 33.7 Å². The van der Waals surface area contributed by atoms with Crippen molar-refractivity contribution in [3.8, 4) is 11.3 Å². The normalized spacial score (nSPS) is 11.3. The van der Waals surface area contributed by atoms with Crippen LogP contribution in [0, 0.1) is 6.92 Å². The van der Waals surface area contributed by atoms with Gasteiger partial charge in [0.25, 0.3) is 0 Å². The Labute approximate surface area is 156 Å². The first-order valence-electron chi connectivity index (χ1n) is 8.61. The number of hydrogen-bond acceptors (Lipinski definition) is 3. The molecule has 6 heteroatoms. The van der Waals surface area contributed by atoms with Gasteiger partial charge in [-0.05, 0) is 36.8 Å². The second kappa shape index (κ2) is 6.92. The van der Waals surface area contributed by atoms with Gasteiger partial charge in [0, 0.05) is 48.5 Å². The van der Waals surface area contributed by atoms with Gasteiger partial charge in [0.2, 0.25) is 5.91 Å². The van der Waals surface area contributed by atoms with Gasteiger partial charge in [-0.25, -0.2) is 4.98 Å². The maximum Gasteiger partial charge on any atom is 0.248 e. The third kappa shape index (κ3) is 3.64. The molecule has 1 aromatic carbocycles. The average Bonchev–Trinajstić information content (AvgIpc) is 3.28. The molecule has 0 unspecified atom stereocenters. The van der Waals surface area contributed by atoms with Crippen molar-refractivity contribution >= 4 is 23.3 Å². The van der Waals surface area contributed by atoms with E-state index in [9.17, 15) is 4.79 Å². The Morgan fingerprint density at radius 1 is 1.15 bits per heavy atom. The number of aromatic nitrogens is 4. The Hall–Kier alpha value is -3.67. The first kappa shape index (κ1) is 16.8. The van der Waals surface area contributed by atoms with Crippen molar-refractivity contribution in [2.75, 3.05) is 5.32 Å². The molecule has 0 aliphatic rings. The summed E-state index contributed by atoms with van der Waals surface area (Å²) >= 11 is 0. The van der Waals surface area contributed by atoms with Crippen LogP contribution in [0.2, 0.25) is 0 Å². The molecule has 1 amide bonds. The lowest BCUT2D eigenvalue weighted by atomic mass is 10.1. The number of fused-ring (bicyclic) bond motifs is 1. The van der Waals surface area contributed by atoms with E-state index in [1.807, 2.05) is 73.4 Å². The Bertz CT molecular complexity index is 1140. The number of benzene rings is 1. The van der Waals surface area contributed by atoms with Crippen molar-refractivity contribution in [2.45, 2.75) is 6.92 Å². The van der Waals surface area contributed by atoms with E-state index in [1.165, 1.54) is 6.08 Å². The molecule has 0 bridgehead atoms. The van der Waals surface area contributed by atoms with Crippen LogP contribution in [0.4, 0.5) is 5.69 Å². The molecule has 134 valence electrons. The van der Waals surface area contributed by atoms with Gasteiger partial charge in [0.05, 0.1) is 11.9 Å². The summed E-state index contributed by atoms with van der Waals surface area (Å²) in [6.45, 7) is 2.05. The minimum Gasteiger partial charge on any atom is -0.323 e. The Morgan fingerprint density at radius 3 is 2.67 bits per heavy atom. The standard InChI is InChI=1S/C21H19N5O/c1-15-4-3-11-26-14-19(24-21(15)26)17-6-8-18(9-7-17)23-20(27)10-5-16-12-22-25(2)13-16/h3-14H,1-2H3,(H,23,27)/b10-5-. The van der Waals surface area contributed by atoms with Crippen molar-refractivity contribution in [3.05, 3.63) is 78.4 Å². The summed E-state index contributed by atoms with van der Waals surface area (Å²) in [5.41, 5.74) is 5.60. The number of carbonyl (C=O) groups excluding carboxylic acids is 1. The van der Waals surface area contributed by atoms with Gasteiger partial charge in [-0.3, -0.25) is 9.48 Å². The van der Waals surface area contributed by atoms with Crippen LogP contribution in [0.5, 0.6) is 0 Å². The van der Waals surface area contributed by atoms with Crippen LogP contribution in [0.3, 0.4) is 0 Å². The molecule has 0 radical (unpaired) electrons. The Morgan fingerprint density at radius 2 is 1.96 bits per heavy atom. The summed E-state index contributed by atoms with van der Waals surface area (Å²) in [7, 11) is 1.84. The molecule has 0 saturated carbocycles. The van der Waals surface area contributed by atoms with Gasteiger partial charge in [0.1, 0.15) is 5.65 Å². The third-order valence-corrected chi connectivity index (χ3v) is 4.28. The summed E-state index contributed by atoms with van der Waals surface area (Å²) in [5, 5.41) is 6.92. The molecule has 0 saturated heterocycles. The number of rotatable bonds is 4. The fraction of sp³-hybridized carbons (Fsp3) is 0.0952. The van der Waals surface area contributed by atoms with Crippen LogP contribution in [-0.2, 0) is 11.8 Å². The van der Waals surface area contributed by atoms with Crippen molar-refractivity contribution in [1.82, 2.24) is 19.2 Å². The highest BCUT2D eigenvalue weighted by molar-refractivity contribution is 6.02. The highest BCUT2D eigenvalue weighted by Gasteiger charge is 2.06. The van der Waals surface area contributed by atoms with E-state index in [4.69, 9.17) is 4.98 Å². The predicted molar refractivity (Wildman–Crippen MR) is 106 cm³/mol. The fourth-order valence-corrected chi connectivity index (χ4v) is 2.90. The zero-order valence-corrected chi connectivity index (χ0v) is 15.1. The third-order valence-electron chi connectivity index (χ3n) is 4.28. The summed E-state index contributed by atoms with van der Waals surface area (Å²) in [5.74, 6) is -0.185. The van der Waals surface area contributed by atoms with E-state index in [2.05, 4.69) is 10.4 Å². The summed E-state index contributed by atoms with van der Waals surface area (Å²) < 4.78 is 3.71. The Kier molecular flexibility index (Phi) is 4.30. The second-order valence-corrected chi connectivity index (χ2v) is 6.40. The average molecular weight is 357 g/mol. The molecular formula is C21H19N5O. The number of pyridine rings is 1. The van der Waals surface area contributed by atoms with Gasteiger partial charge in [-0.1, -0.05) is 18.2 Å². The van der Waals surface area contributed by atoms with Crippen LogP contribution in [0.1, 0.15) is 11.1 Å². The zero-order chi connectivity index (χ0) is 18.8. The number of imidazole rings is 1.